The van der Waals surface area contributed by atoms with E-state index in [0.29, 0.717) is 10.7 Å². The van der Waals surface area contributed by atoms with Crippen molar-refractivity contribution in [3.05, 3.63) is 156 Å². The fourth-order valence-corrected chi connectivity index (χ4v) is 8.94. The maximum atomic E-state index is 7.07. The molecule has 0 unspecified atom stereocenters. The lowest BCUT2D eigenvalue weighted by Gasteiger charge is -2.29. The third kappa shape index (κ3) is 3.93. The highest BCUT2D eigenvalue weighted by Gasteiger charge is 2.36. The molecule has 1 aliphatic carbocycles. The van der Waals surface area contributed by atoms with Crippen molar-refractivity contribution < 1.29 is 0 Å². The smallest absolute Gasteiger partial charge is 0.0727 e. The van der Waals surface area contributed by atoms with Crippen LogP contribution in [0.5, 0.6) is 0 Å². The van der Waals surface area contributed by atoms with Crippen LogP contribution in [0.2, 0.25) is 5.02 Å². The number of halogens is 1. The molecule has 2 heterocycles. The Bertz CT molecular complexity index is 2730. The van der Waals surface area contributed by atoms with E-state index >= 15 is 0 Å². The van der Waals surface area contributed by atoms with Crippen molar-refractivity contribution in [3.8, 4) is 44.5 Å². The summed E-state index contributed by atoms with van der Waals surface area (Å²) in [4.78, 5) is 2.24. The van der Waals surface area contributed by atoms with E-state index in [2.05, 4.69) is 140 Å². The number of nitrogens with two attached hydrogens (primary N) is 1. The van der Waals surface area contributed by atoms with Gasteiger partial charge in [0.2, 0.25) is 0 Å². The van der Waals surface area contributed by atoms with Crippen molar-refractivity contribution in [1.29, 1.82) is 0 Å². The Kier molecular flexibility index (Phi) is 6.05. The van der Waals surface area contributed by atoms with Gasteiger partial charge in [0.1, 0.15) is 0 Å². The molecule has 0 saturated carbocycles. The highest BCUT2D eigenvalue weighted by atomic mass is 35.5. The Labute approximate surface area is 296 Å². The minimum Gasteiger partial charge on any atom is -0.397 e. The number of hydrogen-bond donors (Lipinski definition) is 1. The van der Waals surface area contributed by atoms with Gasteiger partial charge in [0.15, 0.2) is 0 Å². The summed E-state index contributed by atoms with van der Waals surface area (Å²) in [5, 5.41) is 3.22. The van der Waals surface area contributed by atoms with E-state index in [-0.39, 0.29) is 5.41 Å². The minimum atomic E-state index is -0.0396. The Morgan fingerprint density at radius 1 is 0.520 bits per heavy atom. The quantitative estimate of drug-likeness (QED) is 0.187. The average Bonchev–Trinajstić information content (AvgIpc) is 3.49. The monoisotopic (exact) mass is 663 g/mol. The summed E-state index contributed by atoms with van der Waals surface area (Å²) in [6.45, 7) is 4.70. The van der Waals surface area contributed by atoms with E-state index in [1.807, 2.05) is 30.3 Å². The van der Waals surface area contributed by atoms with Crippen LogP contribution in [0.1, 0.15) is 25.0 Å². The van der Waals surface area contributed by atoms with Gasteiger partial charge in [-0.3, -0.25) is 0 Å². The number of para-hydroxylation sites is 3. The van der Waals surface area contributed by atoms with Crippen LogP contribution in [0.3, 0.4) is 0 Å². The number of benzene rings is 7. The Balaban J connectivity index is 1.20. The molecule has 7 aromatic carbocycles. The number of nitrogens with zero attached hydrogens (tertiary/aromatic N) is 2. The minimum absolute atomic E-state index is 0.0396. The molecular formula is C46H34ClN3. The van der Waals surface area contributed by atoms with Crippen molar-refractivity contribution >= 4 is 56.2 Å². The van der Waals surface area contributed by atoms with Gasteiger partial charge in [0.05, 0.1) is 27.8 Å². The normalized spacial score (nSPS) is 13.8. The Morgan fingerprint density at radius 2 is 1.18 bits per heavy atom. The molecule has 0 atom stereocenters. The SMILES string of the molecule is Cn1c2ccc(-c3ccc4c(c3)-c3ccccc3-c3cccc(Cl)c3N4c3ccccc3N)cc2c2cc3c(cc21)C(C)(C)c1ccccc1-3. The van der Waals surface area contributed by atoms with Gasteiger partial charge in [0, 0.05) is 45.4 Å². The van der Waals surface area contributed by atoms with E-state index in [1.165, 1.54) is 49.6 Å². The summed E-state index contributed by atoms with van der Waals surface area (Å²) in [6.07, 6.45) is 0. The zero-order chi connectivity index (χ0) is 33.9. The molecule has 1 aromatic heterocycles. The van der Waals surface area contributed by atoms with E-state index in [4.69, 9.17) is 17.3 Å². The van der Waals surface area contributed by atoms with Crippen molar-refractivity contribution in [2.75, 3.05) is 10.6 Å². The molecule has 0 fully saturated rings. The summed E-state index contributed by atoms with van der Waals surface area (Å²) in [7, 11) is 2.19. The van der Waals surface area contributed by atoms with Crippen LogP contribution in [-0.4, -0.2) is 4.57 Å². The first-order chi connectivity index (χ1) is 24.3. The predicted octanol–water partition coefficient (Wildman–Crippen LogP) is 12.7. The number of hydrogen-bond acceptors (Lipinski definition) is 2. The van der Waals surface area contributed by atoms with Crippen LogP contribution in [0.4, 0.5) is 22.7 Å². The topological polar surface area (TPSA) is 34.2 Å². The maximum Gasteiger partial charge on any atom is 0.0727 e. The fourth-order valence-electron chi connectivity index (χ4n) is 8.68. The van der Waals surface area contributed by atoms with Gasteiger partial charge in [-0.1, -0.05) is 110 Å². The standard InChI is InChI=1S/C46H34ClN3/c1-46(2)37-15-7-6-13-31(37)33-25-36-35-24-27(19-21-41(35)49(3)44(36)26-38(33)46)28-20-22-42-34(23-28)30-12-5-4-11-29(30)32-14-10-16-39(47)45(32)50(42)43-18-9-8-17-40(43)48/h4-26H,48H2,1-3H3. The van der Waals surface area contributed by atoms with Crippen molar-refractivity contribution in [3.63, 3.8) is 0 Å². The molecule has 2 aliphatic rings. The van der Waals surface area contributed by atoms with Gasteiger partial charge in [-0.05, 0) is 99.1 Å². The van der Waals surface area contributed by atoms with Crippen LogP contribution in [0.15, 0.2) is 140 Å². The molecule has 0 spiro atoms. The van der Waals surface area contributed by atoms with Crippen molar-refractivity contribution in [2.24, 2.45) is 7.05 Å². The fraction of sp³-hybridized carbons (Fsp3) is 0.0870. The Hall–Kier alpha value is -5.77. The van der Waals surface area contributed by atoms with Crippen molar-refractivity contribution in [1.82, 2.24) is 4.57 Å². The lowest BCUT2D eigenvalue weighted by atomic mass is 9.82. The molecular weight excluding hydrogens is 630 g/mol. The first kappa shape index (κ1) is 29.2. The molecule has 240 valence electrons. The maximum absolute atomic E-state index is 7.07. The van der Waals surface area contributed by atoms with Gasteiger partial charge in [0.25, 0.3) is 0 Å². The number of aryl methyl sites for hydroxylation is 1. The number of fused-ring (bicyclic) bond motifs is 11. The average molecular weight is 664 g/mol. The third-order valence-corrected chi connectivity index (χ3v) is 11.5. The second-order valence-corrected chi connectivity index (χ2v) is 14.6. The molecule has 50 heavy (non-hydrogen) atoms. The predicted molar refractivity (Wildman–Crippen MR) is 212 cm³/mol. The molecule has 3 nitrogen and oxygen atoms in total. The summed E-state index contributed by atoms with van der Waals surface area (Å²) in [5.74, 6) is 0. The largest absolute Gasteiger partial charge is 0.397 e. The number of rotatable bonds is 2. The van der Waals surface area contributed by atoms with Crippen LogP contribution in [-0.2, 0) is 12.5 Å². The first-order valence-corrected chi connectivity index (χ1v) is 17.5. The van der Waals surface area contributed by atoms with Crippen molar-refractivity contribution in [2.45, 2.75) is 19.3 Å². The van der Waals surface area contributed by atoms with Crippen LogP contribution < -0.4 is 10.6 Å². The second kappa shape index (κ2) is 10.4. The molecule has 0 saturated heterocycles. The summed E-state index contributed by atoms with van der Waals surface area (Å²) in [6, 6.07) is 50.2. The van der Waals surface area contributed by atoms with Gasteiger partial charge in [-0.15, -0.1) is 0 Å². The van der Waals surface area contributed by atoms with Crippen LogP contribution in [0, 0.1) is 0 Å². The second-order valence-electron chi connectivity index (χ2n) is 14.2. The van der Waals surface area contributed by atoms with Crippen LogP contribution >= 0.6 is 11.6 Å². The van der Waals surface area contributed by atoms with Crippen LogP contribution in [0.25, 0.3) is 66.3 Å². The highest BCUT2D eigenvalue weighted by Crippen LogP contribution is 2.55. The number of aromatic nitrogens is 1. The molecule has 0 bridgehead atoms. The van der Waals surface area contributed by atoms with Gasteiger partial charge in [-0.25, -0.2) is 0 Å². The van der Waals surface area contributed by atoms with Gasteiger partial charge in [-0.2, -0.15) is 0 Å². The zero-order valence-electron chi connectivity index (χ0n) is 28.1. The third-order valence-electron chi connectivity index (χ3n) is 11.2. The lowest BCUT2D eigenvalue weighted by Crippen LogP contribution is -2.14. The summed E-state index contributed by atoms with van der Waals surface area (Å²) < 4.78 is 2.35. The van der Waals surface area contributed by atoms with Gasteiger partial charge >= 0.3 is 0 Å². The molecule has 10 rings (SSSR count). The molecule has 4 heteroatoms. The summed E-state index contributed by atoms with van der Waals surface area (Å²) >= 11 is 7.07. The Morgan fingerprint density at radius 3 is 2.00 bits per heavy atom. The number of nitrogen functional groups attached to an aromatic ring is 1. The summed E-state index contributed by atoms with van der Waals surface area (Å²) in [5.41, 5.74) is 25.0. The lowest BCUT2D eigenvalue weighted by molar-refractivity contribution is 0.661. The van der Waals surface area contributed by atoms with E-state index < -0.39 is 0 Å². The van der Waals surface area contributed by atoms with Gasteiger partial charge < -0.3 is 15.2 Å². The molecule has 2 N–H and O–H groups in total. The molecule has 1 aliphatic heterocycles. The first-order valence-electron chi connectivity index (χ1n) is 17.1. The molecule has 8 aromatic rings. The highest BCUT2D eigenvalue weighted by molar-refractivity contribution is 6.35. The molecule has 0 radical (unpaired) electrons. The van der Waals surface area contributed by atoms with E-state index in [9.17, 15) is 0 Å². The van der Waals surface area contributed by atoms with E-state index in [1.54, 1.807) is 0 Å². The number of anilines is 4. The molecule has 0 amide bonds. The van der Waals surface area contributed by atoms with E-state index in [0.717, 1.165) is 44.9 Å². The zero-order valence-corrected chi connectivity index (χ0v) is 28.9.